The number of anilines is 2. The molecule has 4 atom stereocenters. The number of nitrogens with two attached hydrogens (primary N) is 1. The van der Waals surface area contributed by atoms with Gasteiger partial charge in [0.1, 0.15) is 23.8 Å². The van der Waals surface area contributed by atoms with E-state index in [4.69, 9.17) is 15.2 Å². The first-order valence-electron chi connectivity index (χ1n) is 16.3. The second-order valence-electron chi connectivity index (χ2n) is 13.3. The lowest BCUT2D eigenvalue weighted by molar-refractivity contribution is -0.137. The lowest BCUT2D eigenvalue weighted by Gasteiger charge is -2.44. The molecule has 0 radical (unpaired) electrons. The van der Waals surface area contributed by atoms with Gasteiger partial charge in [0, 0.05) is 55.3 Å². The standard InChI is InChI=1S/C34H36F5N7O3S/c1-5-24(47)45-13-18(3)46(14-17(45)2)30-21-11-22(34(37,38)39)25(20-7-8-23(35)29-28(20)41-31(40)50-29)26(36)27(21)42-32(43-30)49-16-33-9-6-10-44(33)15-19(12-33)48-4/h5,7-8,11,17-19H,1,6,9-10,12-16H2,2-4H3,(H2,40,41). The molecule has 50 heavy (non-hydrogen) atoms. The number of methoxy groups -OCH3 is 1. The molecule has 3 aliphatic heterocycles. The van der Waals surface area contributed by atoms with Gasteiger partial charge in [-0.3, -0.25) is 9.69 Å². The number of aromatic nitrogens is 3. The maximum absolute atomic E-state index is 17.0. The molecule has 0 spiro atoms. The molecule has 2 aromatic heterocycles. The van der Waals surface area contributed by atoms with Gasteiger partial charge in [-0.05, 0) is 63.9 Å². The topological polar surface area (TPSA) is 110 Å². The summed E-state index contributed by atoms with van der Waals surface area (Å²) in [6.45, 7) is 9.35. The molecule has 0 aliphatic carbocycles. The molecule has 3 fully saturated rings. The number of nitrogens with zero attached hydrogens (tertiary/aromatic N) is 6. The highest BCUT2D eigenvalue weighted by Gasteiger charge is 2.49. The van der Waals surface area contributed by atoms with Gasteiger partial charge in [0.05, 0.1) is 27.4 Å². The summed E-state index contributed by atoms with van der Waals surface area (Å²) in [6.07, 6.45) is -1.31. The van der Waals surface area contributed by atoms with Crippen molar-refractivity contribution in [3.63, 3.8) is 0 Å². The molecular formula is C34H36F5N7O3S. The Labute approximate surface area is 288 Å². The van der Waals surface area contributed by atoms with Crippen molar-refractivity contribution in [1.29, 1.82) is 0 Å². The van der Waals surface area contributed by atoms with Crippen molar-refractivity contribution < 1.29 is 36.2 Å². The van der Waals surface area contributed by atoms with E-state index in [0.29, 0.717) is 6.42 Å². The number of nitrogen functional groups attached to an aromatic ring is 1. The lowest BCUT2D eigenvalue weighted by atomic mass is 9.94. The van der Waals surface area contributed by atoms with Crippen LogP contribution < -0.4 is 15.4 Å². The fraction of sp³-hybridized carbons (Fsp3) is 0.471. The summed E-state index contributed by atoms with van der Waals surface area (Å²) in [4.78, 5) is 31.4. The van der Waals surface area contributed by atoms with Crippen molar-refractivity contribution in [2.45, 2.75) is 63.0 Å². The Hall–Kier alpha value is -4.15. The average molecular weight is 718 g/mol. The van der Waals surface area contributed by atoms with Gasteiger partial charge in [-0.1, -0.05) is 17.9 Å². The van der Waals surface area contributed by atoms with Gasteiger partial charge >= 0.3 is 12.2 Å². The van der Waals surface area contributed by atoms with Gasteiger partial charge in [0.15, 0.2) is 10.9 Å². The van der Waals surface area contributed by atoms with E-state index in [-0.39, 0.29) is 81.4 Å². The van der Waals surface area contributed by atoms with Gasteiger partial charge in [0.25, 0.3) is 0 Å². The highest BCUT2D eigenvalue weighted by Crippen LogP contribution is 2.47. The summed E-state index contributed by atoms with van der Waals surface area (Å²) in [5.74, 6) is -2.27. The van der Waals surface area contributed by atoms with E-state index in [9.17, 15) is 22.4 Å². The van der Waals surface area contributed by atoms with E-state index >= 15 is 4.39 Å². The third kappa shape index (κ3) is 5.70. The molecule has 5 heterocycles. The highest BCUT2D eigenvalue weighted by atomic mass is 32.1. The van der Waals surface area contributed by atoms with Crippen LogP contribution in [0.2, 0.25) is 0 Å². The van der Waals surface area contributed by atoms with Gasteiger partial charge in [-0.2, -0.15) is 23.1 Å². The summed E-state index contributed by atoms with van der Waals surface area (Å²) < 4.78 is 88.4. The second-order valence-corrected chi connectivity index (χ2v) is 14.4. The predicted molar refractivity (Wildman–Crippen MR) is 180 cm³/mol. The van der Waals surface area contributed by atoms with Crippen LogP contribution in [-0.4, -0.2) is 94.3 Å². The van der Waals surface area contributed by atoms with Crippen molar-refractivity contribution in [1.82, 2.24) is 24.8 Å². The summed E-state index contributed by atoms with van der Waals surface area (Å²) in [7, 11) is 1.66. The zero-order valence-electron chi connectivity index (χ0n) is 27.7. The molecule has 1 amide bonds. The minimum atomic E-state index is -5.04. The van der Waals surface area contributed by atoms with Crippen molar-refractivity contribution in [3.8, 4) is 17.1 Å². The Morgan fingerprint density at radius 3 is 2.64 bits per heavy atom. The number of carbonyl (C=O) groups excluding carboxylic acids is 1. The number of carbonyl (C=O) groups is 1. The number of ether oxygens (including phenoxy) is 2. The third-order valence-corrected chi connectivity index (χ3v) is 11.2. The van der Waals surface area contributed by atoms with Crippen molar-refractivity contribution >= 4 is 49.3 Å². The molecule has 7 rings (SSSR count). The van der Waals surface area contributed by atoms with Crippen LogP contribution in [0.25, 0.3) is 32.2 Å². The first-order chi connectivity index (χ1) is 23.7. The Balaban J connectivity index is 1.42. The van der Waals surface area contributed by atoms with E-state index in [1.165, 1.54) is 6.08 Å². The summed E-state index contributed by atoms with van der Waals surface area (Å²) in [6, 6.07) is 1.84. The van der Waals surface area contributed by atoms with E-state index in [1.54, 1.807) is 30.8 Å². The number of halogens is 5. The zero-order chi connectivity index (χ0) is 35.7. The number of piperazine rings is 1. The molecule has 3 saturated heterocycles. The number of hydrogen-bond acceptors (Lipinski definition) is 10. The van der Waals surface area contributed by atoms with Crippen LogP contribution in [0.5, 0.6) is 6.01 Å². The normalized spacial score (nSPS) is 24.4. The van der Waals surface area contributed by atoms with Crippen molar-refractivity contribution in [2.75, 3.05) is 50.5 Å². The van der Waals surface area contributed by atoms with Crippen LogP contribution in [0.15, 0.2) is 30.9 Å². The first kappa shape index (κ1) is 34.3. The smallest absolute Gasteiger partial charge is 0.417 e. The maximum atomic E-state index is 17.0. The Morgan fingerprint density at radius 2 is 1.92 bits per heavy atom. The number of alkyl halides is 3. The van der Waals surface area contributed by atoms with Crippen LogP contribution in [0.4, 0.5) is 32.9 Å². The number of hydrogen-bond donors (Lipinski definition) is 1. The fourth-order valence-corrected chi connectivity index (χ4v) is 8.59. The van der Waals surface area contributed by atoms with Crippen LogP contribution in [0.3, 0.4) is 0 Å². The fourth-order valence-electron chi connectivity index (χ4n) is 7.82. The lowest BCUT2D eigenvalue weighted by Crippen LogP contribution is -2.58. The molecular weight excluding hydrogens is 681 g/mol. The quantitative estimate of drug-likeness (QED) is 0.181. The van der Waals surface area contributed by atoms with E-state index < -0.39 is 40.5 Å². The predicted octanol–water partition coefficient (Wildman–Crippen LogP) is 6.03. The molecule has 4 aromatic rings. The highest BCUT2D eigenvalue weighted by molar-refractivity contribution is 7.22. The molecule has 2 N–H and O–H groups in total. The Kier molecular flexibility index (Phi) is 8.62. The molecule has 266 valence electrons. The zero-order valence-corrected chi connectivity index (χ0v) is 28.5. The molecule has 16 heteroatoms. The Bertz CT molecular complexity index is 2010. The van der Waals surface area contributed by atoms with Gasteiger partial charge in [-0.15, -0.1) is 0 Å². The molecule has 3 aliphatic rings. The molecule has 0 bridgehead atoms. The third-order valence-electron chi connectivity index (χ3n) is 10.3. The van der Waals surface area contributed by atoms with Crippen LogP contribution in [-0.2, 0) is 15.7 Å². The second kappa shape index (κ2) is 12.6. The SMILES string of the molecule is C=CC(=O)N1CC(C)N(c2nc(OCC34CCCN3CC(OC)C4)nc3c(F)c(-c4ccc(F)c5sc(N)nc45)c(C(F)(F)F)cc23)CC1C. The minimum Gasteiger partial charge on any atom is -0.461 e. The van der Waals surface area contributed by atoms with Crippen LogP contribution in [0, 0.1) is 11.6 Å². The van der Waals surface area contributed by atoms with E-state index in [1.807, 2.05) is 0 Å². The molecule has 2 aromatic carbocycles. The largest absolute Gasteiger partial charge is 0.461 e. The van der Waals surface area contributed by atoms with E-state index in [2.05, 4.69) is 26.4 Å². The number of fused-ring (bicyclic) bond motifs is 3. The molecule has 0 saturated carbocycles. The summed E-state index contributed by atoms with van der Waals surface area (Å²) >= 11 is 0.754. The first-order valence-corrected chi connectivity index (χ1v) is 17.1. The number of thiazole rings is 1. The molecule has 4 unspecified atom stereocenters. The van der Waals surface area contributed by atoms with Gasteiger partial charge in [-0.25, -0.2) is 13.8 Å². The van der Waals surface area contributed by atoms with Gasteiger partial charge in [0.2, 0.25) is 5.91 Å². The van der Waals surface area contributed by atoms with Crippen molar-refractivity contribution in [3.05, 3.63) is 48.1 Å². The average Bonchev–Trinajstić information content (AvgIpc) is 3.76. The minimum absolute atomic E-state index is 0.0111. The summed E-state index contributed by atoms with van der Waals surface area (Å²) in [5, 5.41) is -0.271. The van der Waals surface area contributed by atoms with E-state index in [0.717, 1.165) is 55.5 Å². The van der Waals surface area contributed by atoms with Crippen molar-refractivity contribution in [2.24, 2.45) is 0 Å². The monoisotopic (exact) mass is 717 g/mol. The van der Waals surface area contributed by atoms with Crippen LogP contribution >= 0.6 is 11.3 Å². The van der Waals surface area contributed by atoms with Gasteiger partial charge < -0.3 is 25.0 Å². The Morgan fingerprint density at radius 1 is 1.14 bits per heavy atom. The van der Waals surface area contributed by atoms with Crippen LogP contribution in [0.1, 0.15) is 38.7 Å². The number of benzene rings is 2. The molecule has 10 nitrogen and oxygen atoms in total. The summed E-state index contributed by atoms with van der Waals surface area (Å²) in [5.41, 5.74) is 2.45. The maximum Gasteiger partial charge on any atom is 0.417 e. The number of rotatable bonds is 7. The number of amides is 1.